The van der Waals surface area contributed by atoms with Gasteiger partial charge in [-0.25, -0.2) is 9.97 Å². The number of hydrogen-bond donors (Lipinski definition) is 1. The van der Waals surface area contributed by atoms with Crippen LogP contribution < -0.4 is 5.32 Å². The summed E-state index contributed by atoms with van der Waals surface area (Å²) in [7, 11) is 1.86. The topological polar surface area (TPSA) is 71.0 Å². The molecule has 4 rings (SSSR count). The molecule has 7 heteroatoms. The Kier molecular flexibility index (Phi) is 5.34. The molecule has 1 fully saturated rings. The molecule has 1 atom stereocenters. The number of nitrogens with one attached hydrogen (secondary N) is 1. The van der Waals surface area contributed by atoms with Gasteiger partial charge in [-0.3, -0.25) is 9.78 Å². The fraction of sp³-hybridized carbons (Fsp3) is 0.333. The average Bonchev–Trinajstić information content (AvgIpc) is 3.20. The standard InChI is InChI=1S/C21H23N5OS/c1-14-9-17(13-28-14)21(27)26-8-4-6-16(12-26)18-10-19(22-2)25-20(24-18)15-5-3-7-23-11-15/h3,5,7,9-11,13,16H,4,6,8,12H2,1-2H3,(H,22,24,25). The first-order chi connectivity index (χ1) is 13.6. The highest BCUT2D eigenvalue weighted by molar-refractivity contribution is 7.10. The second kappa shape index (κ2) is 8.06. The number of likely N-dealkylation sites (tertiary alicyclic amines) is 1. The largest absolute Gasteiger partial charge is 0.373 e. The molecule has 1 amide bonds. The number of aromatic nitrogens is 3. The lowest BCUT2D eigenvalue weighted by atomic mass is 9.94. The number of carbonyl (C=O) groups excluding carboxylic acids is 1. The van der Waals surface area contributed by atoms with Crippen molar-refractivity contribution in [3.8, 4) is 11.4 Å². The number of rotatable bonds is 4. The van der Waals surface area contributed by atoms with Gasteiger partial charge in [0.05, 0.1) is 11.3 Å². The number of nitrogens with zero attached hydrogens (tertiary/aromatic N) is 4. The molecule has 0 aliphatic carbocycles. The van der Waals surface area contributed by atoms with E-state index in [2.05, 4.69) is 15.3 Å². The third-order valence-corrected chi connectivity index (χ3v) is 5.89. The summed E-state index contributed by atoms with van der Waals surface area (Å²) in [6.07, 6.45) is 5.50. The summed E-state index contributed by atoms with van der Waals surface area (Å²) in [6.45, 7) is 3.50. The highest BCUT2D eigenvalue weighted by atomic mass is 32.1. The summed E-state index contributed by atoms with van der Waals surface area (Å²) in [5, 5.41) is 5.08. The lowest BCUT2D eigenvalue weighted by molar-refractivity contribution is 0.0706. The van der Waals surface area contributed by atoms with Crippen LogP contribution in [0.15, 0.2) is 42.0 Å². The molecule has 1 aliphatic rings. The third-order valence-electron chi connectivity index (χ3n) is 5.03. The van der Waals surface area contributed by atoms with Gasteiger partial charge < -0.3 is 10.2 Å². The maximum absolute atomic E-state index is 12.9. The molecule has 1 N–H and O–H groups in total. The summed E-state index contributed by atoms with van der Waals surface area (Å²) < 4.78 is 0. The number of anilines is 1. The van der Waals surface area contributed by atoms with Crippen LogP contribution >= 0.6 is 11.3 Å². The number of aryl methyl sites for hydroxylation is 1. The Morgan fingerprint density at radius 2 is 2.21 bits per heavy atom. The van der Waals surface area contributed by atoms with Crippen molar-refractivity contribution in [1.82, 2.24) is 19.9 Å². The average molecular weight is 394 g/mol. The molecular weight excluding hydrogens is 370 g/mol. The molecule has 0 bridgehead atoms. The second-order valence-corrected chi connectivity index (χ2v) is 8.15. The Hall–Kier alpha value is -2.80. The number of thiophene rings is 1. The van der Waals surface area contributed by atoms with Gasteiger partial charge in [-0.2, -0.15) is 0 Å². The maximum atomic E-state index is 12.9. The first-order valence-corrected chi connectivity index (χ1v) is 10.3. The molecule has 0 aromatic carbocycles. The second-order valence-electron chi connectivity index (χ2n) is 7.03. The molecule has 0 spiro atoms. The molecule has 0 radical (unpaired) electrons. The van der Waals surface area contributed by atoms with Crippen LogP contribution in [0.25, 0.3) is 11.4 Å². The first kappa shape index (κ1) is 18.6. The number of piperidine rings is 1. The van der Waals surface area contributed by atoms with E-state index in [4.69, 9.17) is 4.98 Å². The minimum atomic E-state index is 0.115. The molecule has 1 unspecified atom stereocenters. The molecule has 4 heterocycles. The SMILES string of the molecule is CNc1cc(C2CCCN(C(=O)c3csc(C)c3)C2)nc(-c2cccnc2)n1. The van der Waals surface area contributed by atoms with Crippen molar-refractivity contribution < 1.29 is 4.79 Å². The molecule has 1 aliphatic heterocycles. The van der Waals surface area contributed by atoms with Gasteiger partial charge >= 0.3 is 0 Å². The molecule has 1 saturated heterocycles. The predicted octanol–water partition coefficient (Wildman–Crippen LogP) is 3.97. The highest BCUT2D eigenvalue weighted by Crippen LogP contribution is 2.29. The predicted molar refractivity (Wildman–Crippen MR) is 112 cm³/mol. The Labute approximate surface area is 168 Å². The number of pyridine rings is 1. The van der Waals surface area contributed by atoms with E-state index in [1.54, 1.807) is 23.7 Å². The van der Waals surface area contributed by atoms with Crippen LogP contribution in [0.5, 0.6) is 0 Å². The third kappa shape index (κ3) is 3.89. The van der Waals surface area contributed by atoms with Gasteiger partial charge in [0.1, 0.15) is 5.82 Å². The number of hydrogen-bond acceptors (Lipinski definition) is 6. The van der Waals surface area contributed by atoms with E-state index in [0.717, 1.165) is 46.9 Å². The van der Waals surface area contributed by atoms with Crippen LogP contribution in [0.1, 0.15) is 39.7 Å². The number of amides is 1. The summed E-state index contributed by atoms with van der Waals surface area (Å²) in [6, 6.07) is 7.81. The van der Waals surface area contributed by atoms with Crippen LogP contribution in [-0.4, -0.2) is 45.9 Å². The van der Waals surface area contributed by atoms with E-state index in [1.807, 2.05) is 48.5 Å². The highest BCUT2D eigenvalue weighted by Gasteiger charge is 2.27. The summed E-state index contributed by atoms with van der Waals surface area (Å²) >= 11 is 1.62. The Morgan fingerprint density at radius 1 is 1.32 bits per heavy atom. The van der Waals surface area contributed by atoms with Gasteiger partial charge in [-0.05, 0) is 38.0 Å². The van der Waals surface area contributed by atoms with Gasteiger partial charge in [0.25, 0.3) is 5.91 Å². The van der Waals surface area contributed by atoms with Crippen molar-refractivity contribution in [3.05, 3.63) is 58.2 Å². The molecule has 0 saturated carbocycles. The van der Waals surface area contributed by atoms with Crippen LogP contribution in [0.3, 0.4) is 0 Å². The van der Waals surface area contributed by atoms with Gasteiger partial charge in [-0.15, -0.1) is 11.3 Å². The van der Waals surface area contributed by atoms with Crippen molar-refractivity contribution in [2.24, 2.45) is 0 Å². The zero-order valence-electron chi connectivity index (χ0n) is 16.1. The van der Waals surface area contributed by atoms with E-state index in [1.165, 1.54) is 0 Å². The van der Waals surface area contributed by atoms with Crippen molar-refractivity contribution in [2.45, 2.75) is 25.7 Å². The van der Waals surface area contributed by atoms with E-state index >= 15 is 0 Å². The van der Waals surface area contributed by atoms with Crippen LogP contribution in [-0.2, 0) is 0 Å². The van der Waals surface area contributed by atoms with Crippen molar-refractivity contribution in [1.29, 1.82) is 0 Å². The Morgan fingerprint density at radius 3 is 2.93 bits per heavy atom. The molecule has 28 heavy (non-hydrogen) atoms. The van der Waals surface area contributed by atoms with E-state index in [-0.39, 0.29) is 11.8 Å². The smallest absolute Gasteiger partial charge is 0.254 e. The summed E-state index contributed by atoms with van der Waals surface area (Å²) in [4.78, 5) is 29.6. The minimum absolute atomic E-state index is 0.115. The van der Waals surface area contributed by atoms with Gasteiger partial charge in [0.2, 0.25) is 0 Å². The molecule has 3 aromatic heterocycles. The zero-order valence-corrected chi connectivity index (χ0v) is 16.9. The summed E-state index contributed by atoms with van der Waals surface area (Å²) in [5.41, 5.74) is 2.65. The molecular formula is C21H23N5OS. The Bertz CT molecular complexity index is 972. The van der Waals surface area contributed by atoms with Gasteiger partial charge in [0.15, 0.2) is 5.82 Å². The van der Waals surface area contributed by atoms with Crippen LogP contribution in [0.2, 0.25) is 0 Å². The van der Waals surface area contributed by atoms with Crippen molar-refractivity contribution in [2.75, 3.05) is 25.5 Å². The van der Waals surface area contributed by atoms with E-state index in [0.29, 0.717) is 12.4 Å². The molecule has 6 nitrogen and oxygen atoms in total. The molecule has 144 valence electrons. The monoisotopic (exact) mass is 393 g/mol. The zero-order chi connectivity index (χ0) is 19.5. The normalized spacial score (nSPS) is 16.8. The van der Waals surface area contributed by atoms with Crippen molar-refractivity contribution in [3.63, 3.8) is 0 Å². The van der Waals surface area contributed by atoms with Crippen LogP contribution in [0, 0.1) is 6.92 Å². The first-order valence-electron chi connectivity index (χ1n) is 9.45. The van der Waals surface area contributed by atoms with E-state index < -0.39 is 0 Å². The molecule has 3 aromatic rings. The minimum Gasteiger partial charge on any atom is -0.373 e. The fourth-order valence-electron chi connectivity index (χ4n) is 3.57. The summed E-state index contributed by atoms with van der Waals surface area (Å²) in [5.74, 6) is 1.75. The van der Waals surface area contributed by atoms with Crippen LogP contribution in [0.4, 0.5) is 5.82 Å². The van der Waals surface area contributed by atoms with E-state index in [9.17, 15) is 4.79 Å². The van der Waals surface area contributed by atoms with Gasteiger partial charge in [0, 0.05) is 60.3 Å². The fourth-order valence-corrected chi connectivity index (χ4v) is 4.25. The lowest BCUT2D eigenvalue weighted by Gasteiger charge is -2.32. The quantitative estimate of drug-likeness (QED) is 0.726. The number of carbonyl (C=O) groups is 1. The maximum Gasteiger partial charge on any atom is 0.254 e. The Balaban J connectivity index is 1.60. The van der Waals surface area contributed by atoms with Crippen molar-refractivity contribution >= 4 is 23.1 Å². The lowest BCUT2D eigenvalue weighted by Crippen LogP contribution is -2.39. The van der Waals surface area contributed by atoms with Gasteiger partial charge in [-0.1, -0.05) is 0 Å².